The number of benzene rings is 2. The molecule has 0 aromatic heterocycles. The molecule has 82 valence electrons. The number of hydrogen-bond acceptors (Lipinski definition) is 2. The Morgan fingerprint density at radius 3 is 1.00 bits per heavy atom. The van der Waals surface area contributed by atoms with Crippen LogP contribution in [0.5, 0.6) is 0 Å². The van der Waals surface area contributed by atoms with Crippen molar-refractivity contribution < 1.29 is 15.1 Å². The fraction of sp³-hybridized carbons (Fsp3) is 0. The molecule has 3 heteroatoms. The van der Waals surface area contributed by atoms with Gasteiger partial charge in [-0.05, 0) is 0 Å². The molecule has 0 spiro atoms. The molecule has 0 atom stereocenters. The van der Waals surface area contributed by atoms with Gasteiger partial charge in [-0.1, -0.05) is 48.5 Å². The van der Waals surface area contributed by atoms with Crippen LogP contribution in [0, 0.1) is 0 Å². The van der Waals surface area contributed by atoms with Crippen LogP contribution in [0.4, 0.5) is 0 Å². The van der Waals surface area contributed by atoms with Crippen molar-refractivity contribution in [3.8, 4) is 0 Å². The highest BCUT2D eigenvalue weighted by Gasteiger charge is 2.28. The molecule has 0 N–H and O–H groups in total. The number of ketones is 2. The molecule has 3 nitrogen and oxygen atoms in total. The number of hydrogen-bond donors (Lipinski definition) is 0. The highest BCUT2D eigenvalue weighted by atomic mass is 16.1. The second-order valence-corrected chi connectivity index (χ2v) is 3.75. The van der Waals surface area contributed by atoms with E-state index in [-0.39, 0.29) is 17.0 Å². The Bertz CT molecular complexity index is 509. The minimum Gasteiger partial charge on any atom is -0.289 e. The van der Waals surface area contributed by atoms with Gasteiger partial charge in [-0.3, -0.25) is 9.59 Å². The van der Waals surface area contributed by atoms with Crippen molar-refractivity contribution in [2.45, 2.75) is 0 Å². The van der Waals surface area contributed by atoms with Gasteiger partial charge in [0.05, 0.1) is 0 Å². The third-order valence-corrected chi connectivity index (χ3v) is 2.83. The Morgan fingerprint density at radius 2 is 0.765 bits per heavy atom. The molecule has 3 rings (SSSR count). The van der Waals surface area contributed by atoms with Gasteiger partial charge in [0.15, 0.2) is 11.6 Å². The van der Waals surface area contributed by atoms with Crippen LogP contribution in [-0.2, 0) is 5.48 Å². The smallest absolute Gasteiger partial charge is 0.194 e. The maximum Gasteiger partial charge on any atom is 0.194 e. The van der Waals surface area contributed by atoms with E-state index in [4.69, 9.17) is 0 Å². The largest absolute Gasteiger partial charge is 0.289 e. The zero-order valence-corrected chi connectivity index (χ0v) is 8.84. The van der Waals surface area contributed by atoms with Crippen molar-refractivity contribution >= 4 is 11.6 Å². The predicted molar refractivity (Wildman–Crippen MR) is 60.4 cm³/mol. The lowest BCUT2D eigenvalue weighted by molar-refractivity contribution is 0.0979. The highest BCUT2D eigenvalue weighted by Crippen LogP contribution is 2.26. The first-order chi connectivity index (χ1) is 7.79. The molecule has 0 amide bonds. The Morgan fingerprint density at radius 1 is 0.529 bits per heavy atom. The lowest BCUT2D eigenvalue weighted by Gasteiger charge is -2.16. The summed E-state index contributed by atoms with van der Waals surface area (Å²) in [4.78, 5) is 24.2. The molecule has 0 saturated heterocycles. The molecule has 0 heterocycles. The minimum atomic E-state index is -0.0641. The van der Waals surface area contributed by atoms with Gasteiger partial charge in [0.25, 0.3) is 0 Å². The van der Waals surface area contributed by atoms with Crippen molar-refractivity contribution in [2.24, 2.45) is 0 Å². The molecule has 2 aromatic rings. The fourth-order valence-corrected chi connectivity index (χ4v) is 2.05. The summed E-state index contributed by atoms with van der Waals surface area (Å²) in [5, 5.41) is 0. The molecule has 0 aliphatic heterocycles. The van der Waals surface area contributed by atoms with E-state index >= 15 is 0 Å². The molecule has 17 heavy (non-hydrogen) atoms. The minimum absolute atomic E-state index is 0. The van der Waals surface area contributed by atoms with Gasteiger partial charge in [-0.25, -0.2) is 0 Å². The van der Waals surface area contributed by atoms with Crippen LogP contribution in [-0.4, -0.2) is 11.6 Å². The molecule has 2 aromatic carbocycles. The summed E-state index contributed by atoms with van der Waals surface area (Å²) in [6, 6.07) is 13.9. The van der Waals surface area contributed by atoms with Crippen LogP contribution in [0.1, 0.15) is 31.8 Å². The average molecular weight is 224 g/mol. The number of carbonyl (C=O) groups excluding carboxylic acids is 2. The van der Waals surface area contributed by atoms with Crippen LogP contribution in [0.15, 0.2) is 48.5 Å². The van der Waals surface area contributed by atoms with Crippen LogP contribution in [0.2, 0.25) is 0 Å². The van der Waals surface area contributed by atoms with Gasteiger partial charge in [0, 0.05) is 27.7 Å². The summed E-state index contributed by atoms with van der Waals surface area (Å²) in [5.74, 6) is -0.128. The van der Waals surface area contributed by atoms with E-state index in [1.807, 2.05) is 0 Å². The molecule has 0 bridgehead atoms. The molecule has 0 saturated carbocycles. The van der Waals surface area contributed by atoms with E-state index in [9.17, 15) is 9.59 Å². The number of rotatable bonds is 0. The SMILES string of the molecule is O=C1c2ccccc2C(=O)c2ccccc21.[O]. The van der Waals surface area contributed by atoms with E-state index in [1.54, 1.807) is 48.5 Å². The lowest BCUT2D eigenvalue weighted by atomic mass is 9.84. The van der Waals surface area contributed by atoms with Crippen LogP contribution in [0.25, 0.3) is 0 Å². The van der Waals surface area contributed by atoms with Gasteiger partial charge in [0.1, 0.15) is 0 Å². The third kappa shape index (κ3) is 1.48. The topological polar surface area (TPSA) is 62.6 Å². The van der Waals surface area contributed by atoms with Gasteiger partial charge in [0.2, 0.25) is 0 Å². The van der Waals surface area contributed by atoms with Crippen molar-refractivity contribution in [2.75, 3.05) is 0 Å². The fourth-order valence-electron chi connectivity index (χ4n) is 2.05. The first-order valence-electron chi connectivity index (χ1n) is 5.06. The molecule has 0 fully saturated rings. The first-order valence-corrected chi connectivity index (χ1v) is 5.06. The van der Waals surface area contributed by atoms with Gasteiger partial charge < -0.3 is 0 Å². The molecular weight excluding hydrogens is 216 g/mol. The van der Waals surface area contributed by atoms with E-state index in [0.717, 1.165) is 0 Å². The Balaban J connectivity index is 0.00000108. The van der Waals surface area contributed by atoms with Crippen molar-refractivity contribution in [3.05, 3.63) is 70.8 Å². The maximum absolute atomic E-state index is 12.1. The molecule has 2 radical (unpaired) electrons. The standard InChI is InChI=1S/C14H8O2.O/c15-13-9-5-1-2-6-10(9)14(16)12-8-4-3-7-11(12)13;/h1-8H;. The monoisotopic (exact) mass is 224 g/mol. The van der Waals surface area contributed by atoms with Crippen molar-refractivity contribution in [1.29, 1.82) is 0 Å². The number of fused-ring (bicyclic) bond motifs is 2. The number of carbonyl (C=O) groups is 2. The summed E-state index contributed by atoms with van der Waals surface area (Å²) < 4.78 is 0. The van der Waals surface area contributed by atoms with Crippen molar-refractivity contribution in [1.82, 2.24) is 0 Å². The first kappa shape index (κ1) is 11.2. The zero-order valence-electron chi connectivity index (χ0n) is 8.84. The quantitative estimate of drug-likeness (QED) is 0.588. The van der Waals surface area contributed by atoms with E-state index < -0.39 is 0 Å². The summed E-state index contributed by atoms with van der Waals surface area (Å²) in [7, 11) is 0. The molecule has 0 unspecified atom stereocenters. The summed E-state index contributed by atoms with van der Waals surface area (Å²) in [6.07, 6.45) is 0. The van der Waals surface area contributed by atoms with E-state index in [2.05, 4.69) is 0 Å². The van der Waals surface area contributed by atoms with E-state index in [0.29, 0.717) is 22.3 Å². The Kier molecular flexibility index (Phi) is 2.61. The van der Waals surface area contributed by atoms with Gasteiger partial charge in [-0.2, -0.15) is 0 Å². The van der Waals surface area contributed by atoms with Gasteiger partial charge in [-0.15, -0.1) is 0 Å². The summed E-state index contributed by atoms with van der Waals surface area (Å²) >= 11 is 0. The second-order valence-electron chi connectivity index (χ2n) is 3.75. The maximum atomic E-state index is 12.1. The Labute approximate surface area is 98.0 Å². The molecule has 1 aliphatic carbocycles. The zero-order chi connectivity index (χ0) is 11.1. The second kappa shape index (κ2) is 3.96. The normalized spacial score (nSPS) is 12.5. The van der Waals surface area contributed by atoms with Crippen molar-refractivity contribution in [3.63, 3.8) is 0 Å². The van der Waals surface area contributed by atoms with E-state index in [1.165, 1.54) is 0 Å². The third-order valence-electron chi connectivity index (χ3n) is 2.83. The summed E-state index contributed by atoms with van der Waals surface area (Å²) in [6.45, 7) is 0. The highest BCUT2D eigenvalue weighted by molar-refractivity contribution is 6.28. The van der Waals surface area contributed by atoms with Crippen LogP contribution >= 0.6 is 0 Å². The average Bonchev–Trinajstić information content (AvgIpc) is 2.36. The van der Waals surface area contributed by atoms with Crippen LogP contribution < -0.4 is 0 Å². The lowest BCUT2D eigenvalue weighted by Crippen LogP contribution is -2.20. The summed E-state index contributed by atoms with van der Waals surface area (Å²) in [5.41, 5.74) is 2.02. The molecular formula is C14H8O3. The molecule has 1 aliphatic rings. The van der Waals surface area contributed by atoms with Crippen LogP contribution in [0.3, 0.4) is 0 Å². The Hall–Kier alpha value is -2.26. The predicted octanol–water partition coefficient (Wildman–Crippen LogP) is 2.34. The van der Waals surface area contributed by atoms with Gasteiger partial charge >= 0.3 is 0 Å².